The zero-order chi connectivity index (χ0) is 13.7. The molecule has 2 aliphatic rings. The Morgan fingerprint density at radius 1 is 1.20 bits per heavy atom. The fourth-order valence-corrected chi connectivity index (χ4v) is 3.78. The molecule has 0 spiro atoms. The van der Waals surface area contributed by atoms with Crippen LogP contribution in [0, 0.1) is 0 Å². The quantitative estimate of drug-likeness (QED) is 0.808. The normalized spacial score (nSPS) is 20.6. The molecule has 2 amide bonds. The molecule has 1 aromatic heterocycles. The van der Waals surface area contributed by atoms with Gasteiger partial charge in [-0.2, -0.15) is 0 Å². The highest BCUT2D eigenvalue weighted by molar-refractivity contribution is 7.14. The second kappa shape index (κ2) is 4.18. The summed E-state index contributed by atoms with van der Waals surface area (Å²) in [6.45, 7) is 0.553. The van der Waals surface area contributed by atoms with Gasteiger partial charge in [-0.3, -0.25) is 9.59 Å². The lowest BCUT2D eigenvalue weighted by atomic mass is 10.0. The third kappa shape index (κ3) is 1.59. The van der Waals surface area contributed by atoms with E-state index in [0.29, 0.717) is 13.0 Å². The van der Waals surface area contributed by atoms with Crippen LogP contribution in [0.5, 0.6) is 0 Å². The summed E-state index contributed by atoms with van der Waals surface area (Å²) in [5.74, 6) is -0.00893. The summed E-state index contributed by atoms with van der Waals surface area (Å²) in [5.41, 5.74) is 2.70. The molecule has 20 heavy (non-hydrogen) atoms. The lowest BCUT2D eigenvalue weighted by molar-refractivity contribution is -0.117. The van der Waals surface area contributed by atoms with Crippen molar-refractivity contribution in [2.75, 3.05) is 5.32 Å². The number of anilines is 1. The van der Waals surface area contributed by atoms with Crippen molar-refractivity contribution >= 4 is 28.2 Å². The first kappa shape index (κ1) is 11.7. The van der Waals surface area contributed by atoms with E-state index in [9.17, 15) is 9.59 Å². The van der Waals surface area contributed by atoms with Crippen LogP contribution in [0.2, 0.25) is 0 Å². The molecule has 5 heteroatoms. The largest absolute Gasteiger partial charge is 0.327 e. The summed E-state index contributed by atoms with van der Waals surface area (Å²) < 4.78 is 0. The Hall–Kier alpha value is -2.14. The predicted octanol–water partition coefficient (Wildman–Crippen LogP) is 2.79. The molecule has 2 aliphatic heterocycles. The van der Waals surface area contributed by atoms with E-state index in [1.807, 2.05) is 40.6 Å². The summed E-state index contributed by atoms with van der Waals surface area (Å²) in [6, 6.07) is 9.40. The van der Waals surface area contributed by atoms with Gasteiger partial charge in [0, 0.05) is 17.7 Å². The van der Waals surface area contributed by atoms with Crippen LogP contribution < -0.4 is 5.32 Å². The minimum absolute atomic E-state index is 0.0254. The molecular formula is C15H12N2O2S. The van der Waals surface area contributed by atoms with Crippen molar-refractivity contribution in [3.8, 4) is 0 Å². The zero-order valence-corrected chi connectivity index (χ0v) is 11.4. The molecule has 2 aromatic rings. The van der Waals surface area contributed by atoms with Crippen molar-refractivity contribution in [3.05, 3.63) is 52.4 Å². The van der Waals surface area contributed by atoms with Crippen LogP contribution in [0.25, 0.3) is 0 Å². The van der Waals surface area contributed by atoms with Gasteiger partial charge in [0.1, 0.15) is 0 Å². The Balaban J connectivity index is 1.83. The van der Waals surface area contributed by atoms with Gasteiger partial charge in [0.05, 0.1) is 17.5 Å². The number of amides is 2. The van der Waals surface area contributed by atoms with Crippen LogP contribution in [-0.4, -0.2) is 16.7 Å². The molecule has 0 radical (unpaired) electrons. The van der Waals surface area contributed by atoms with Gasteiger partial charge in [-0.25, -0.2) is 0 Å². The smallest absolute Gasteiger partial charge is 0.255 e. The Morgan fingerprint density at radius 3 is 2.95 bits per heavy atom. The highest BCUT2D eigenvalue weighted by atomic mass is 32.1. The van der Waals surface area contributed by atoms with E-state index in [0.717, 1.165) is 21.7 Å². The number of carbonyl (C=O) groups is 2. The molecule has 1 unspecified atom stereocenters. The van der Waals surface area contributed by atoms with Crippen molar-refractivity contribution < 1.29 is 9.59 Å². The van der Waals surface area contributed by atoms with Crippen LogP contribution in [-0.2, 0) is 11.3 Å². The molecule has 1 N–H and O–H groups in total. The molecular weight excluding hydrogens is 272 g/mol. The predicted molar refractivity (Wildman–Crippen MR) is 76.6 cm³/mol. The number of hydrogen-bond acceptors (Lipinski definition) is 3. The van der Waals surface area contributed by atoms with E-state index in [2.05, 4.69) is 5.32 Å². The SMILES string of the molecule is O=C1CC2c3ccccc3C(=O)N2Cc2ccsc2N1. The second-order valence-corrected chi connectivity index (χ2v) is 5.98. The maximum absolute atomic E-state index is 12.5. The average molecular weight is 284 g/mol. The summed E-state index contributed by atoms with van der Waals surface area (Å²) in [6.07, 6.45) is 0.320. The molecule has 0 saturated carbocycles. The number of nitrogens with one attached hydrogen (secondary N) is 1. The van der Waals surface area contributed by atoms with E-state index < -0.39 is 0 Å². The van der Waals surface area contributed by atoms with Crippen molar-refractivity contribution in [3.63, 3.8) is 0 Å². The minimum atomic E-state index is -0.147. The molecule has 0 bridgehead atoms. The molecule has 1 aromatic carbocycles. The first-order valence-electron chi connectivity index (χ1n) is 6.50. The first-order chi connectivity index (χ1) is 9.74. The standard InChI is InChI=1S/C15H12N2O2S/c18-13-7-12-10-3-1-2-4-11(10)15(19)17(12)8-9-5-6-20-14(9)16-13/h1-6,12H,7-8H2,(H,16,18). The van der Waals surface area contributed by atoms with Crippen LogP contribution >= 0.6 is 11.3 Å². The van der Waals surface area contributed by atoms with Crippen molar-refractivity contribution in [1.82, 2.24) is 4.90 Å². The van der Waals surface area contributed by atoms with E-state index in [-0.39, 0.29) is 17.9 Å². The van der Waals surface area contributed by atoms with Gasteiger partial charge in [0.2, 0.25) is 5.91 Å². The lowest BCUT2D eigenvalue weighted by Gasteiger charge is -2.27. The third-order valence-corrected chi connectivity index (χ3v) is 4.78. The van der Waals surface area contributed by atoms with Gasteiger partial charge >= 0.3 is 0 Å². The van der Waals surface area contributed by atoms with E-state index >= 15 is 0 Å². The molecule has 0 aliphatic carbocycles. The third-order valence-electron chi connectivity index (χ3n) is 3.91. The summed E-state index contributed by atoms with van der Waals surface area (Å²) in [7, 11) is 0. The number of rotatable bonds is 0. The Bertz CT molecular complexity index is 722. The first-order valence-corrected chi connectivity index (χ1v) is 7.38. The zero-order valence-electron chi connectivity index (χ0n) is 10.6. The molecule has 0 fully saturated rings. The molecule has 100 valence electrons. The number of carbonyl (C=O) groups excluding carboxylic acids is 2. The van der Waals surface area contributed by atoms with Gasteiger partial charge in [0.25, 0.3) is 5.91 Å². The van der Waals surface area contributed by atoms with Gasteiger partial charge in [0.15, 0.2) is 0 Å². The molecule has 1 atom stereocenters. The van der Waals surface area contributed by atoms with Crippen molar-refractivity contribution in [2.24, 2.45) is 0 Å². The highest BCUT2D eigenvalue weighted by Gasteiger charge is 2.39. The Morgan fingerprint density at radius 2 is 2.05 bits per heavy atom. The number of benzene rings is 1. The lowest BCUT2D eigenvalue weighted by Crippen LogP contribution is -2.32. The van der Waals surface area contributed by atoms with Crippen LogP contribution in [0.1, 0.15) is 33.9 Å². The Kier molecular flexibility index (Phi) is 2.44. The Labute approximate surface area is 120 Å². The van der Waals surface area contributed by atoms with Crippen LogP contribution in [0.3, 0.4) is 0 Å². The van der Waals surface area contributed by atoms with E-state index in [4.69, 9.17) is 0 Å². The van der Waals surface area contributed by atoms with Gasteiger partial charge in [-0.15, -0.1) is 11.3 Å². The molecule has 0 saturated heterocycles. The van der Waals surface area contributed by atoms with E-state index in [1.165, 1.54) is 11.3 Å². The van der Waals surface area contributed by atoms with E-state index in [1.54, 1.807) is 0 Å². The maximum atomic E-state index is 12.5. The topological polar surface area (TPSA) is 49.4 Å². The maximum Gasteiger partial charge on any atom is 0.255 e. The molecule has 3 heterocycles. The number of thiophene rings is 1. The summed E-state index contributed by atoms with van der Waals surface area (Å²) in [4.78, 5) is 26.5. The fourth-order valence-electron chi connectivity index (χ4n) is 2.96. The van der Waals surface area contributed by atoms with Crippen molar-refractivity contribution in [2.45, 2.75) is 19.0 Å². The number of nitrogens with zero attached hydrogens (tertiary/aromatic N) is 1. The van der Waals surface area contributed by atoms with Gasteiger partial charge < -0.3 is 10.2 Å². The second-order valence-electron chi connectivity index (χ2n) is 5.06. The van der Waals surface area contributed by atoms with Crippen LogP contribution in [0.4, 0.5) is 5.00 Å². The highest BCUT2D eigenvalue weighted by Crippen LogP contribution is 2.40. The average Bonchev–Trinajstić information content (AvgIpc) is 2.96. The van der Waals surface area contributed by atoms with Crippen molar-refractivity contribution in [1.29, 1.82) is 0 Å². The molecule has 4 rings (SSSR count). The minimum Gasteiger partial charge on any atom is -0.327 e. The number of hydrogen-bond donors (Lipinski definition) is 1. The monoisotopic (exact) mass is 284 g/mol. The summed E-state index contributed by atoms with van der Waals surface area (Å²) in [5, 5.41) is 5.74. The number of fused-ring (bicyclic) bond motifs is 4. The van der Waals surface area contributed by atoms with Crippen LogP contribution in [0.15, 0.2) is 35.7 Å². The molecule has 4 nitrogen and oxygen atoms in total. The fraction of sp³-hybridized carbons (Fsp3) is 0.200. The summed E-state index contributed by atoms with van der Waals surface area (Å²) >= 11 is 1.50. The van der Waals surface area contributed by atoms with Gasteiger partial charge in [-0.1, -0.05) is 18.2 Å². The van der Waals surface area contributed by atoms with Gasteiger partial charge in [-0.05, 0) is 23.1 Å².